The van der Waals surface area contributed by atoms with E-state index in [2.05, 4.69) is 5.16 Å². The minimum atomic E-state index is -0.482. The molecule has 0 atom stereocenters. The zero-order valence-electron chi connectivity index (χ0n) is 6.78. The third kappa shape index (κ3) is 3.61. The van der Waals surface area contributed by atoms with E-state index in [1.807, 2.05) is 11.8 Å². The standard InChI is InChI=1S/C7H12N2O2S/c8-7(10)5-11-9-6-1-3-12-4-2-6/h1-5H2,(H2,8,10). The number of hydrogen-bond acceptors (Lipinski definition) is 4. The number of rotatable bonds is 3. The van der Waals surface area contributed by atoms with Gasteiger partial charge in [0.05, 0.1) is 5.71 Å². The summed E-state index contributed by atoms with van der Waals surface area (Å²) in [5, 5.41) is 3.83. The summed E-state index contributed by atoms with van der Waals surface area (Å²) in [4.78, 5) is 15.0. The highest BCUT2D eigenvalue weighted by Crippen LogP contribution is 2.14. The maximum Gasteiger partial charge on any atom is 0.258 e. The molecule has 1 aliphatic heterocycles. The summed E-state index contributed by atoms with van der Waals surface area (Å²) < 4.78 is 0. The van der Waals surface area contributed by atoms with Crippen LogP contribution in [0.3, 0.4) is 0 Å². The fraction of sp³-hybridized carbons (Fsp3) is 0.714. The lowest BCUT2D eigenvalue weighted by molar-refractivity contribution is -0.122. The molecule has 1 heterocycles. The Labute approximate surface area is 75.5 Å². The summed E-state index contributed by atoms with van der Waals surface area (Å²) in [5.41, 5.74) is 5.91. The van der Waals surface area contributed by atoms with E-state index in [1.54, 1.807) is 0 Å². The molecule has 0 aromatic rings. The van der Waals surface area contributed by atoms with E-state index >= 15 is 0 Å². The van der Waals surface area contributed by atoms with E-state index in [-0.39, 0.29) is 6.61 Å². The van der Waals surface area contributed by atoms with Crippen molar-refractivity contribution in [2.75, 3.05) is 18.1 Å². The Balaban J connectivity index is 2.20. The molecule has 2 N–H and O–H groups in total. The van der Waals surface area contributed by atoms with E-state index in [4.69, 9.17) is 10.6 Å². The molecule has 0 radical (unpaired) electrons. The predicted molar refractivity (Wildman–Crippen MR) is 49.1 cm³/mol. The third-order valence-corrected chi connectivity index (χ3v) is 2.46. The number of oxime groups is 1. The summed E-state index contributed by atoms with van der Waals surface area (Å²) >= 11 is 1.91. The van der Waals surface area contributed by atoms with Crippen LogP contribution >= 0.6 is 11.8 Å². The fourth-order valence-corrected chi connectivity index (χ4v) is 1.85. The number of primary amides is 1. The molecule has 0 aromatic carbocycles. The van der Waals surface area contributed by atoms with Crippen LogP contribution in [0.25, 0.3) is 0 Å². The first-order valence-corrected chi connectivity index (χ1v) is 4.98. The van der Waals surface area contributed by atoms with Crippen molar-refractivity contribution in [3.63, 3.8) is 0 Å². The van der Waals surface area contributed by atoms with Crippen LogP contribution in [0, 0.1) is 0 Å². The molecule has 0 saturated carbocycles. The second-order valence-corrected chi connectivity index (χ2v) is 3.73. The zero-order chi connectivity index (χ0) is 8.81. The first-order chi connectivity index (χ1) is 5.79. The molecule has 1 rings (SSSR count). The van der Waals surface area contributed by atoms with Gasteiger partial charge in [0.25, 0.3) is 5.91 Å². The second-order valence-electron chi connectivity index (χ2n) is 2.51. The number of nitrogens with two attached hydrogens (primary N) is 1. The van der Waals surface area contributed by atoms with E-state index < -0.39 is 5.91 Å². The average Bonchev–Trinajstić information content (AvgIpc) is 2.05. The monoisotopic (exact) mass is 188 g/mol. The topological polar surface area (TPSA) is 64.7 Å². The summed E-state index contributed by atoms with van der Waals surface area (Å²) in [5.74, 6) is 1.71. The van der Waals surface area contributed by atoms with Gasteiger partial charge >= 0.3 is 0 Å². The molecule has 0 aliphatic carbocycles. The van der Waals surface area contributed by atoms with Crippen molar-refractivity contribution in [2.24, 2.45) is 10.9 Å². The van der Waals surface area contributed by atoms with Crippen LogP contribution in [0.5, 0.6) is 0 Å². The lowest BCUT2D eigenvalue weighted by atomic mass is 10.2. The molecule has 1 fully saturated rings. The molecule has 1 aliphatic rings. The van der Waals surface area contributed by atoms with Crippen LogP contribution in [0.1, 0.15) is 12.8 Å². The molecule has 0 bridgehead atoms. The van der Waals surface area contributed by atoms with Crippen molar-refractivity contribution in [1.29, 1.82) is 0 Å². The first-order valence-electron chi connectivity index (χ1n) is 3.83. The predicted octanol–water partition coefficient (Wildman–Crippen LogP) is 0.371. The summed E-state index contributed by atoms with van der Waals surface area (Å²) in [7, 11) is 0. The molecular formula is C7H12N2O2S. The molecule has 1 amide bonds. The average molecular weight is 188 g/mol. The van der Waals surface area contributed by atoms with Gasteiger partial charge in [0, 0.05) is 0 Å². The lowest BCUT2D eigenvalue weighted by Gasteiger charge is -2.10. The van der Waals surface area contributed by atoms with E-state index in [9.17, 15) is 4.79 Å². The maximum absolute atomic E-state index is 10.3. The molecule has 1 saturated heterocycles. The number of carbonyl (C=O) groups excluding carboxylic acids is 1. The summed E-state index contributed by atoms with van der Waals surface area (Å²) in [6, 6.07) is 0. The number of amides is 1. The van der Waals surface area contributed by atoms with Gasteiger partial charge in [0.15, 0.2) is 6.61 Å². The molecule has 0 spiro atoms. The molecule has 4 nitrogen and oxygen atoms in total. The number of hydrogen-bond donors (Lipinski definition) is 1. The van der Waals surface area contributed by atoms with Crippen molar-refractivity contribution in [3.05, 3.63) is 0 Å². The lowest BCUT2D eigenvalue weighted by Crippen LogP contribution is -2.17. The van der Waals surface area contributed by atoms with Crippen LogP contribution in [-0.4, -0.2) is 29.7 Å². The van der Waals surface area contributed by atoms with Crippen molar-refractivity contribution < 1.29 is 9.63 Å². The van der Waals surface area contributed by atoms with Gasteiger partial charge in [-0.25, -0.2) is 0 Å². The Morgan fingerprint density at radius 2 is 2.25 bits per heavy atom. The van der Waals surface area contributed by atoms with Gasteiger partial charge in [-0.2, -0.15) is 11.8 Å². The summed E-state index contributed by atoms with van der Waals surface area (Å²) in [6.07, 6.45) is 1.92. The SMILES string of the molecule is NC(=O)CON=C1CCSCC1. The smallest absolute Gasteiger partial charge is 0.258 e. The van der Waals surface area contributed by atoms with Crippen LogP contribution in [0.2, 0.25) is 0 Å². The highest BCUT2D eigenvalue weighted by molar-refractivity contribution is 7.99. The fourth-order valence-electron chi connectivity index (χ4n) is 0.885. The van der Waals surface area contributed by atoms with Gasteiger partial charge in [-0.05, 0) is 24.3 Å². The maximum atomic E-state index is 10.3. The van der Waals surface area contributed by atoms with Crippen molar-refractivity contribution in [3.8, 4) is 0 Å². The number of nitrogens with zero attached hydrogens (tertiary/aromatic N) is 1. The minimum absolute atomic E-state index is 0.114. The van der Waals surface area contributed by atoms with Gasteiger partial charge in [0.2, 0.25) is 0 Å². The Bertz CT molecular complexity index is 186. The van der Waals surface area contributed by atoms with E-state index in [0.717, 1.165) is 30.1 Å². The largest absolute Gasteiger partial charge is 0.386 e. The quantitative estimate of drug-likeness (QED) is 0.651. The second kappa shape index (κ2) is 5.03. The highest BCUT2D eigenvalue weighted by atomic mass is 32.2. The van der Waals surface area contributed by atoms with Crippen molar-refractivity contribution in [1.82, 2.24) is 0 Å². The van der Waals surface area contributed by atoms with Gasteiger partial charge < -0.3 is 10.6 Å². The van der Waals surface area contributed by atoms with Crippen LogP contribution < -0.4 is 5.73 Å². The van der Waals surface area contributed by atoms with Gasteiger partial charge in [-0.1, -0.05) is 5.16 Å². The van der Waals surface area contributed by atoms with E-state index in [1.165, 1.54) is 0 Å². The van der Waals surface area contributed by atoms with Crippen LogP contribution in [0.4, 0.5) is 0 Å². The molecule has 0 unspecified atom stereocenters. The van der Waals surface area contributed by atoms with Gasteiger partial charge in [-0.3, -0.25) is 4.79 Å². The Morgan fingerprint density at radius 3 is 2.83 bits per heavy atom. The summed E-state index contributed by atoms with van der Waals surface area (Å²) in [6.45, 7) is -0.114. The molecule has 12 heavy (non-hydrogen) atoms. The van der Waals surface area contributed by atoms with Crippen LogP contribution in [0.15, 0.2) is 5.16 Å². The molecule has 68 valence electrons. The Kier molecular flexibility index (Phi) is 3.93. The minimum Gasteiger partial charge on any atom is -0.386 e. The highest BCUT2D eigenvalue weighted by Gasteiger charge is 2.07. The molecule has 5 heteroatoms. The normalized spacial score (nSPS) is 17.2. The van der Waals surface area contributed by atoms with Crippen molar-refractivity contribution in [2.45, 2.75) is 12.8 Å². The zero-order valence-corrected chi connectivity index (χ0v) is 7.60. The third-order valence-electron chi connectivity index (χ3n) is 1.47. The van der Waals surface area contributed by atoms with Crippen LogP contribution in [-0.2, 0) is 9.63 Å². The number of carbonyl (C=O) groups is 1. The van der Waals surface area contributed by atoms with E-state index in [0.29, 0.717) is 0 Å². The Morgan fingerprint density at radius 1 is 1.58 bits per heavy atom. The molecular weight excluding hydrogens is 176 g/mol. The first kappa shape index (κ1) is 9.38. The van der Waals surface area contributed by atoms with Gasteiger partial charge in [-0.15, -0.1) is 0 Å². The van der Waals surface area contributed by atoms with Gasteiger partial charge in [0.1, 0.15) is 0 Å². The Hall–Kier alpha value is -0.710. The number of thioether (sulfide) groups is 1. The van der Waals surface area contributed by atoms with Crippen molar-refractivity contribution >= 4 is 23.4 Å². The molecule has 0 aromatic heterocycles.